The van der Waals surface area contributed by atoms with Gasteiger partial charge in [-0.3, -0.25) is 4.79 Å². The maximum atomic E-state index is 10.5. The average Bonchev–Trinajstić information content (AvgIpc) is 2.31. The monoisotopic (exact) mass is 237 g/mol. The molecule has 88 valence electrons. The molecule has 0 aromatic heterocycles. The number of nitrogens with two attached hydrogens (primary N) is 1. The maximum Gasteiger partial charge on any atom is 0.263 e. The third-order valence-electron chi connectivity index (χ3n) is 1.17. The lowest BCUT2D eigenvalue weighted by molar-refractivity contribution is -0.111. The number of amides is 1. The maximum absolute atomic E-state index is 10.5. The van der Waals surface area contributed by atoms with Crippen LogP contribution in [0.15, 0.2) is 5.16 Å². The normalized spacial score (nSPS) is 11.4. The number of primary amides is 1. The summed E-state index contributed by atoms with van der Waals surface area (Å²) in [5, 5.41) is 3.31. The zero-order chi connectivity index (χ0) is 12.1. The van der Waals surface area contributed by atoms with Crippen molar-refractivity contribution in [2.75, 3.05) is 38.8 Å². The van der Waals surface area contributed by atoms with Crippen LogP contribution in [0.5, 0.6) is 0 Å². The van der Waals surface area contributed by atoms with Crippen LogP contribution < -0.4 is 5.73 Å². The molecule has 15 heavy (non-hydrogen) atoms. The minimum Gasteiger partial charge on any atom is -0.393 e. The molecule has 0 bridgehead atoms. The highest BCUT2D eigenvalue weighted by molar-refractivity contribution is 7.80. The molecule has 0 unspecified atom stereocenters. The molecule has 0 aliphatic heterocycles. The Morgan fingerprint density at radius 1 is 1.33 bits per heavy atom. The van der Waals surface area contributed by atoms with E-state index in [1.165, 1.54) is 0 Å². The Hall–Kier alpha value is -0.790. The molecule has 0 aliphatic rings. The first kappa shape index (κ1) is 12.3. The van der Waals surface area contributed by atoms with Crippen molar-refractivity contribution in [3.8, 4) is 0 Å². The van der Waals surface area contributed by atoms with Crippen molar-refractivity contribution in [3.05, 3.63) is 0 Å². The minimum absolute atomic E-state index is 0.244. The quantitative estimate of drug-likeness (QED) is 0.231. The van der Waals surface area contributed by atoms with Gasteiger partial charge in [-0.15, -0.1) is 0 Å². The van der Waals surface area contributed by atoms with E-state index in [4.69, 9.17) is 10.9 Å². The summed E-state index contributed by atoms with van der Waals surface area (Å²) in [5.41, 5.74) is 1.62. The van der Waals surface area contributed by atoms with Gasteiger partial charge in [0.2, 0.25) is 0 Å². The van der Waals surface area contributed by atoms with Crippen LogP contribution in [0.3, 0.4) is 0 Å². The van der Waals surface area contributed by atoms with Gasteiger partial charge < -0.3 is 20.0 Å². The number of thiol groups is 1. The van der Waals surface area contributed by atoms with E-state index in [1.807, 2.05) is 0 Å². The highest BCUT2D eigenvalue weighted by Gasteiger charge is 1.90. The topological polar surface area (TPSA) is 83.1 Å². The molecule has 0 fully saturated rings. The van der Waals surface area contributed by atoms with Crippen LogP contribution in [0.1, 0.15) is 0 Å². The number of rotatable bonds is 10. The van der Waals surface area contributed by atoms with Crippen LogP contribution in [-0.4, -0.2) is 50.9 Å². The summed E-state index contributed by atoms with van der Waals surface area (Å²) in [6.07, 6.45) is 0.878. The highest BCUT2D eigenvalue weighted by Crippen LogP contribution is 1.82. The van der Waals surface area contributed by atoms with Crippen LogP contribution in [-0.2, 0) is 19.1 Å². The smallest absolute Gasteiger partial charge is 0.263 e. The first-order valence-corrected chi connectivity index (χ1v) is 5.08. The molecule has 2 N–H and O–H groups in total. The molecule has 1 amide bonds. The Balaban J connectivity index is 3.09. The number of nitrogens with zero attached hydrogens (tertiary/aromatic N) is 1. The second-order valence-corrected chi connectivity index (χ2v) is 2.83. The van der Waals surface area contributed by atoms with Crippen LogP contribution >= 0.6 is 12.6 Å². The first-order valence-electron chi connectivity index (χ1n) is 4.94. The van der Waals surface area contributed by atoms with Gasteiger partial charge in [0.15, 0.2) is 1.41 Å². The standard InChI is InChI=1S/C8H16N2O4S/c9-8(11)7-10-14-4-3-12-1-2-13-5-6-15/h7,15H,1-6H2,(H2,9,11)/i/hD. The summed E-state index contributed by atoms with van der Waals surface area (Å²) >= 11 is 3.98. The van der Waals surface area contributed by atoms with Gasteiger partial charge in [0.25, 0.3) is 5.91 Å². The van der Waals surface area contributed by atoms with Crippen molar-refractivity contribution >= 4 is 24.8 Å². The van der Waals surface area contributed by atoms with Gasteiger partial charge in [-0.2, -0.15) is 12.6 Å². The van der Waals surface area contributed by atoms with Crippen LogP contribution in [0.4, 0.5) is 0 Å². The summed E-state index contributed by atoms with van der Waals surface area (Å²) in [4.78, 5) is 15.1. The summed E-state index contributed by atoms with van der Waals surface area (Å²) in [6.45, 7) is 2.22. The lowest BCUT2D eigenvalue weighted by Crippen LogP contribution is -2.12. The number of hydrogen-bond donors (Lipinski definition) is 2. The van der Waals surface area contributed by atoms with E-state index in [9.17, 15) is 4.79 Å². The van der Waals surface area contributed by atoms with Crippen molar-refractivity contribution in [1.29, 1.82) is 0 Å². The molecule has 0 radical (unpaired) electrons. The number of oxime groups is 1. The largest absolute Gasteiger partial charge is 0.393 e. The van der Waals surface area contributed by atoms with E-state index in [2.05, 4.69) is 22.6 Å². The Morgan fingerprint density at radius 3 is 2.67 bits per heavy atom. The third kappa shape index (κ3) is 13.2. The van der Waals surface area contributed by atoms with E-state index in [0.29, 0.717) is 32.2 Å². The van der Waals surface area contributed by atoms with Gasteiger partial charge in [0.1, 0.15) is 12.8 Å². The number of hydrogen-bond acceptors (Lipinski definition) is 6. The van der Waals surface area contributed by atoms with Crippen molar-refractivity contribution in [3.63, 3.8) is 0 Å². The number of ether oxygens (including phenoxy) is 2. The lowest BCUT2D eigenvalue weighted by Gasteiger charge is -2.03. The number of carbonyl (C=O) groups is 1. The molecule has 0 saturated heterocycles. The predicted octanol–water partition coefficient (Wildman–Crippen LogP) is -0.563. The van der Waals surface area contributed by atoms with Crippen LogP contribution in [0.2, 0.25) is 1.41 Å². The van der Waals surface area contributed by atoms with Crippen molar-refractivity contribution in [2.45, 2.75) is 0 Å². The van der Waals surface area contributed by atoms with E-state index in [1.54, 1.807) is 5.73 Å². The Morgan fingerprint density at radius 2 is 2.00 bits per heavy atom. The van der Waals surface area contributed by atoms with Gasteiger partial charge in [0.05, 0.1) is 26.4 Å². The minimum atomic E-state index is -0.638. The van der Waals surface area contributed by atoms with E-state index in [-0.39, 0.29) is 6.61 Å². The summed E-state index contributed by atoms with van der Waals surface area (Å²) in [7, 11) is 0. The summed E-state index contributed by atoms with van der Waals surface area (Å²) in [6, 6.07) is 0. The third-order valence-corrected chi connectivity index (χ3v) is 1.35. The first-order chi connectivity index (χ1) is 7.81. The lowest BCUT2D eigenvalue weighted by atomic mass is 10.7. The summed E-state index contributed by atoms with van der Waals surface area (Å²) in [5.74, 6) is 0.0525. The fraction of sp³-hybridized carbons (Fsp3) is 0.750. The highest BCUT2D eigenvalue weighted by atomic mass is 32.1. The Bertz CT molecular complexity index is 206. The van der Waals surface area contributed by atoms with E-state index < -0.39 is 5.91 Å². The van der Waals surface area contributed by atoms with Gasteiger partial charge in [-0.1, -0.05) is 5.16 Å². The molecule has 6 nitrogen and oxygen atoms in total. The van der Waals surface area contributed by atoms with Gasteiger partial charge in [-0.25, -0.2) is 0 Å². The van der Waals surface area contributed by atoms with Crippen molar-refractivity contribution in [1.82, 2.24) is 0 Å². The van der Waals surface area contributed by atoms with Crippen molar-refractivity contribution < 1.29 is 20.5 Å². The molecule has 0 aromatic rings. The molecule has 0 aromatic carbocycles. The number of carbonyl (C=O) groups excluding carboxylic acids is 1. The SMILES string of the molecule is [2H]NC(=O)C=NOCCOCCOCCS. The molecule has 0 saturated carbocycles. The van der Waals surface area contributed by atoms with E-state index >= 15 is 0 Å². The zero-order valence-electron chi connectivity index (χ0n) is 9.35. The van der Waals surface area contributed by atoms with Gasteiger partial charge in [-0.05, 0) is 0 Å². The fourth-order valence-electron chi connectivity index (χ4n) is 0.621. The van der Waals surface area contributed by atoms with Crippen molar-refractivity contribution in [2.24, 2.45) is 10.9 Å². The van der Waals surface area contributed by atoms with Gasteiger partial charge in [0, 0.05) is 5.75 Å². The Kier molecular flexibility index (Phi) is 9.24. The van der Waals surface area contributed by atoms with E-state index in [0.717, 1.165) is 6.21 Å². The van der Waals surface area contributed by atoms with Crippen LogP contribution in [0.25, 0.3) is 0 Å². The predicted molar refractivity (Wildman–Crippen MR) is 59.1 cm³/mol. The molecule has 0 aliphatic carbocycles. The second kappa shape index (κ2) is 11.3. The molecular formula is C8H16N2O4S. The fourth-order valence-corrected chi connectivity index (χ4v) is 0.750. The van der Waals surface area contributed by atoms with Gasteiger partial charge >= 0.3 is 0 Å². The second-order valence-electron chi connectivity index (χ2n) is 2.38. The summed E-state index contributed by atoms with van der Waals surface area (Å²) < 4.78 is 16.7. The molecule has 0 rings (SSSR count). The average molecular weight is 237 g/mol. The Labute approximate surface area is 95.6 Å². The molecule has 7 heteroatoms. The molecule has 0 atom stereocenters. The molecule has 0 spiro atoms. The molecular weight excluding hydrogens is 220 g/mol. The zero-order valence-corrected chi connectivity index (χ0v) is 9.24. The van der Waals surface area contributed by atoms with Crippen LogP contribution in [0, 0.1) is 0 Å². The molecule has 0 heterocycles.